The maximum atomic E-state index is 5.84. The molecular formula is C21H33N5OS. The molecule has 0 saturated heterocycles. The summed E-state index contributed by atoms with van der Waals surface area (Å²) in [5.74, 6) is 1.69. The van der Waals surface area contributed by atoms with Crippen molar-refractivity contribution in [1.82, 2.24) is 20.5 Å². The predicted octanol–water partition coefficient (Wildman–Crippen LogP) is 3.35. The molecule has 0 saturated carbocycles. The van der Waals surface area contributed by atoms with Crippen molar-refractivity contribution in [2.45, 2.75) is 40.8 Å². The van der Waals surface area contributed by atoms with E-state index in [9.17, 15) is 0 Å². The van der Waals surface area contributed by atoms with Crippen LogP contribution >= 0.6 is 11.3 Å². The summed E-state index contributed by atoms with van der Waals surface area (Å²) in [7, 11) is 1.78. The van der Waals surface area contributed by atoms with Crippen LogP contribution in [0.3, 0.4) is 0 Å². The summed E-state index contributed by atoms with van der Waals surface area (Å²) in [6.45, 7) is 13.7. The highest BCUT2D eigenvalue weighted by molar-refractivity contribution is 7.11. The van der Waals surface area contributed by atoms with E-state index in [2.05, 4.69) is 51.5 Å². The first-order valence-electron chi connectivity index (χ1n) is 9.87. The van der Waals surface area contributed by atoms with Crippen LogP contribution in [0, 0.1) is 13.8 Å². The summed E-state index contributed by atoms with van der Waals surface area (Å²) in [5, 5.41) is 7.80. The molecule has 0 bridgehead atoms. The number of aromatic nitrogens is 1. The van der Waals surface area contributed by atoms with Gasteiger partial charge in [0.2, 0.25) is 0 Å². The van der Waals surface area contributed by atoms with Crippen molar-refractivity contribution in [3.63, 3.8) is 0 Å². The van der Waals surface area contributed by atoms with Crippen molar-refractivity contribution in [1.29, 1.82) is 0 Å². The van der Waals surface area contributed by atoms with Gasteiger partial charge >= 0.3 is 0 Å². The number of aryl methyl sites for hydroxylation is 2. The lowest BCUT2D eigenvalue weighted by atomic mass is 10.2. The monoisotopic (exact) mass is 403 g/mol. The lowest BCUT2D eigenvalue weighted by Gasteiger charge is -2.18. The summed E-state index contributed by atoms with van der Waals surface area (Å²) in [4.78, 5) is 12.4. The minimum Gasteiger partial charge on any atom is -0.492 e. The number of hydrogen-bond donors (Lipinski definition) is 2. The quantitative estimate of drug-likeness (QED) is 0.471. The van der Waals surface area contributed by atoms with Gasteiger partial charge in [-0.05, 0) is 44.6 Å². The fraction of sp³-hybridized carbons (Fsp3) is 0.524. The Labute approximate surface area is 173 Å². The molecule has 2 N–H and O–H groups in total. The van der Waals surface area contributed by atoms with Crippen molar-refractivity contribution in [2.75, 3.05) is 33.3 Å². The van der Waals surface area contributed by atoms with Crippen LogP contribution in [0.15, 0.2) is 29.3 Å². The van der Waals surface area contributed by atoms with Crippen molar-refractivity contribution >= 4 is 17.3 Å². The molecule has 0 unspecified atom stereocenters. The molecule has 2 rings (SSSR count). The lowest BCUT2D eigenvalue weighted by molar-refractivity contribution is 0.223. The Morgan fingerprint density at radius 3 is 2.36 bits per heavy atom. The summed E-state index contributed by atoms with van der Waals surface area (Å²) in [6, 6.07) is 8.23. The Balaban J connectivity index is 1.75. The number of hydrogen-bond acceptors (Lipinski definition) is 5. The standard InChI is InChI=1S/C21H33N5OS/c1-6-26(7-2)12-13-27-19-10-8-18(9-11-19)14-23-21(22-5)24-15-20-16(3)25-17(4)28-20/h8-11H,6-7,12-15H2,1-5H3,(H2,22,23,24). The second-order valence-electron chi connectivity index (χ2n) is 6.54. The zero-order chi connectivity index (χ0) is 20.4. The number of ether oxygens (including phenoxy) is 1. The van der Waals surface area contributed by atoms with Gasteiger partial charge in [0.15, 0.2) is 5.96 Å². The van der Waals surface area contributed by atoms with Gasteiger partial charge in [-0.15, -0.1) is 11.3 Å². The van der Waals surface area contributed by atoms with E-state index in [1.165, 1.54) is 10.4 Å². The molecule has 0 spiro atoms. The average molecular weight is 404 g/mol. The number of nitrogens with zero attached hydrogens (tertiary/aromatic N) is 3. The van der Waals surface area contributed by atoms with E-state index in [1.807, 2.05) is 26.0 Å². The van der Waals surface area contributed by atoms with E-state index in [0.29, 0.717) is 13.2 Å². The molecule has 2 aromatic rings. The van der Waals surface area contributed by atoms with Gasteiger partial charge in [0.1, 0.15) is 12.4 Å². The van der Waals surface area contributed by atoms with Crippen LogP contribution in [0.5, 0.6) is 5.75 Å². The van der Waals surface area contributed by atoms with Crippen LogP contribution < -0.4 is 15.4 Å². The van der Waals surface area contributed by atoms with Gasteiger partial charge in [0.25, 0.3) is 0 Å². The number of benzene rings is 1. The molecule has 0 fully saturated rings. The Hall–Kier alpha value is -2.12. The van der Waals surface area contributed by atoms with E-state index in [1.54, 1.807) is 18.4 Å². The summed E-state index contributed by atoms with van der Waals surface area (Å²) in [6.07, 6.45) is 0. The third kappa shape index (κ3) is 7.13. The van der Waals surface area contributed by atoms with Crippen LogP contribution in [0.2, 0.25) is 0 Å². The van der Waals surface area contributed by atoms with Gasteiger partial charge in [-0.2, -0.15) is 0 Å². The number of aliphatic imine (C=N–C) groups is 1. The third-order valence-electron chi connectivity index (χ3n) is 4.59. The Morgan fingerprint density at radius 1 is 1.11 bits per heavy atom. The zero-order valence-corrected chi connectivity index (χ0v) is 18.5. The number of guanidine groups is 1. The molecule has 6 nitrogen and oxygen atoms in total. The molecule has 1 aromatic heterocycles. The molecule has 0 amide bonds. The molecule has 1 aromatic carbocycles. The number of nitrogens with one attached hydrogen (secondary N) is 2. The van der Waals surface area contributed by atoms with Crippen LogP contribution in [-0.4, -0.2) is 49.1 Å². The first-order valence-corrected chi connectivity index (χ1v) is 10.7. The third-order valence-corrected chi connectivity index (χ3v) is 5.67. The Bertz CT molecular complexity index is 738. The molecule has 7 heteroatoms. The minimum atomic E-state index is 0.708. The number of thiazole rings is 1. The van der Waals surface area contributed by atoms with E-state index >= 15 is 0 Å². The van der Waals surface area contributed by atoms with E-state index in [0.717, 1.165) is 48.6 Å². The van der Waals surface area contributed by atoms with Gasteiger partial charge in [-0.1, -0.05) is 26.0 Å². The first kappa shape index (κ1) is 22.2. The Morgan fingerprint density at radius 2 is 1.79 bits per heavy atom. The molecular weight excluding hydrogens is 370 g/mol. The SMILES string of the molecule is CCN(CC)CCOc1ccc(CNC(=NC)NCc2sc(C)nc2C)cc1. The van der Waals surface area contributed by atoms with Crippen LogP contribution in [0.4, 0.5) is 0 Å². The van der Waals surface area contributed by atoms with Crippen molar-refractivity contribution in [3.8, 4) is 5.75 Å². The highest BCUT2D eigenvalue weighted by atomic mass is 32.1. The maximum Gasteiger partial charge on any atom is 0.191 e. The summed E-state index contributed by atoms with van der Waals surface area (Å²) < 4.78 is 5.84. The largest absolute Gasteiger partial charge is 0.492 e. The van der Waals surface area contributed by atoms with Crippen molar-refractivity contribution in [3.05, 3.63) is 45.4 Å². The van der Waals surface area contributed by atoms with Gasteiger partial charge in [0.05, 0.1) is 17.2 Å². The second kappa shape index (κ2) is 11.7. The predicted molar refractivity (Wildman–Crippen MR) is 118 cm³/mol. The summed E-state index contributed by atoms with van der Waals surface area (Å²) in [5.41, 5.74) is 2.27. The van der Waals surface area contributed by atoms with Crippen LogP contribution in [-0.2, 0) is 13.1 Å². The van der Waals surface area contributed by atoms with Gasteiger partial charge in [-0.3, -0.25) is 4.99 Å². The van der Waals surface area contributed by atoms with Crippen LogP contribution in [0.1, 0.15) is 35.0 Å². The second-order valence-corrected chi connectivity index (χ2v) is 7.83. The number of likely N-dealkylation sites (N-methyl/N-ethyl adjacent to an activating group) is 1. The van der Waals surface area contributed by atoms with Gasteiger partial charge in [0, 0.05) is 25.0 Å². The minimum absolute atomic E-state index is 0.708. The average Bonchev–Trinajstić information content (AvgIpc) is 3.03. The van der Waals surface area contributed by atoms with Gasteiger partial charge in [-0.25, -0.2) is 4.98 Å². The topological polar surface area (TPSA) is 61.8 Å². The van der Waals surface area contributed by atoms with Crippen molar-refractivity contribution in [2.24, 2.45) is 4.99 Å². The normalized spacial score (nSPS) is 11.7. The van der Waals surface area contributed by atoms with Crippen molar-refractivity contribution < 1.29 is 4.74 Å². The van der Waals surface area contributed by atoms with E-state index < -0.39 is 0 Å². The molecule has 0 aliphatic rings. The molecule has 0 radical (unpaired) electrons. The smallest absolute Gasteiger partial charge is 0.191 e. The molecule has 0 aliphatic carbocycles. The van der Waals surface area contributed by atoms with Gasteiger partial charge < -0.3 is 20.3 Å². The van der Waals surface area contributed by atoms with E-state index in [-0.39, 0.29) is 0 Å². The fourth-order valence-electron chi connectivity index (χ4n) is 2.84. The highest BCUT2D eigenvalue weighted by Crippen LogP contribution is 2.16. The molecule has 0 atom stereocenters. The molecule has 0 aliphatic heterocycles. The Kier molecular flexibility index (Phi) is 9.23. The van der Waals surface area contributed by atoms with E-state index in [4.69, 9.17) is 4.74 Å². The number of rotatable bonds is 10. The molecule has 1 heterocycles. The first-order chi connectivity index (χ1) is 13.5. The molecule has 28 heavy (non-hydrogen) atoms. The van der Waals surface area contributed by atoms with Crippen LogP contribution in [0.25, 0.3) is 0 Å². The lowest BCUT2D eigenvalue weighted by Crippen LogP contribution is -2.36. The highest BCUT2D eigenvalue weighted by Gasteiger charge is 2.06. The summed E-state index contributed by atoms with van der Waals surface area (Å²) >= 11 is 1.72. The fourth-order valence-corrected chi connectivity index (χ4v) is 3.72. The molecule has 154 valence electrons. The maximum absolute atomic E-state index is 5.84. The zero-order valence-electron chi connectivity index (χ0n) is 17.7.